The molecule has 0 aliphatic carbocycles. The number of halogens is 1. The van der Waals surface area contributed by atoms with Gasteiger partial charge in [0, 0.05) is 46.4 Å². The van der Waals surface area contributed by atoms with Crippen LogP contribution in [0.3, 0.4) is 0 Å². The number of aromatic nitrogens is 2. The van der Waals surface area contributed by atoms with Gasteiger partial charge in [0.2, 0.25) is 0 Å². The van der Waals surface area contributed by atoms with E-state index in [-0.39, 0.29) is 18.2 Å². The molecule has 1 aromatic carbocycles. The van der Waals surface area contributed by atoms with E-state index in [2.05, 4.69) is 36.4 Å². The molecule has 0 amide bonds. The van der Waals surface area contributed by atoms with Crippen LogP contribution < -0.4 is 0 Å². The minimum Gasteiger partial charge on any atom is -0.481 e. The van der Waals surface area contributed by atoms with Crippen LogP contribution in [0.2, 0.25) is 0 Å². The maximum Gasteiger partial charge on any atom is 0.304 e. The van der Waals surface area contributed by atoms with Gasteiger partial charge in [-0.1, -0.05) is 37.8 Å². The summed E-state index contributed by atoms with van der Waals surface area (Å²) >= 11 is 1.66. The molecule has 1 N–H and O–H groups in total. The van der Waals surface area contributed by atoms with Gasteiger partial charge in [-0.3, -0.25) is 9.78 Å². The predicted octanol–water partition coefficient (Wildman–Crippen LogP) is 6.46. The fraction of sp³-hybridized carbons (Fsp3) is 0.333. The summed E-state index contributed by atoms with van der Waals surface area (Å²) in [7, 11) is 0. The minimum absolute atomic E-state index is 0.0749. The highest BCUT2D eigenvalue weighted by Crippen LogP contribution is 2.49. The Bertz CT molecular complexity index is 1140. The molecule has 1 atom stereocenters. The zero-order valence-electron chi connectivity index (χ0n) is 17.4. The van der Waals surface area contributed by atoms with Gasteiger partial charge in [-0.25, -0.2) is 4.39 Å². The van der Waals surface area contributed by atoms with Crippen molar-refractivity contribution in [2.24, 2.45) is 5.92 Å². The molecule has 6 heteroatoms. The second-order valence-electron chi connectivity index (χ2n) is 8.16. The number of hydrogen-bond acceptors (Lipinski definition) is 3. The summed E-state index contributed by atoms with van der Waals surface area (Å²) in [5.74, 6) is -0.768. The molecular formula is C24H25FN2O2S. The number of carbonyl (C=O) groups is 1. The molecule has 0 bridgehead atoms. The number of carboxylic acid groups (broad SMARTS) is 1. The number of aliphatic carboxylic acids is 1. The number of rotatable bonds is 6. The van der Waals surface area contributed by atoms with E-state index in [0.29, 0.717) is 12.5 Å². The summed E-state index contributed by atoms with van der Waals surface area (Å²) in [5.41, 5.74) is 3.50. The lowest BCUT2D eigenvalue weighted by molar-refractivity contribution is -0.137. The number of nitrogens with zero attached hydrogens (tertiary/aromatic N) is 2. The van der Waals surface area contributed by atoms with E-state index in [4.69, 9.17) is 0 Å². The number of carboxylic acids is 1. The Morgan fingerprint density at radius 1 is 1.43 bits per heavy atom. The molecule has 0 radical (unpaired) electrons. The normalized spacial score (nSPS) is 16.4. The molecule has 1 unspecified atom stereocenters. The van der Waals surface area contributed by atoms with Crippen molar-refractivity contribution < 1.29 is 14.3 Å². The highest BCUT2D eigenvalue weighted by Gasteiger charge is 2.32. The summed E-state index contributed by atoms with van der Waals surface area (Å²) in [6, 6.07) is 6.92. The number of hydrogen-bond donors (Lipinski definition) is 1. The van der Waals surface area contributed by atoms with Gasteiger partial charge >= 0.3 is 5.97 Å². The third-order valence-corrected chi connectivity index (χ3v) is 6.51. The van der Waals surface area contributed by atoms with Crippen molar-refractivity contribution in [3.05, 3.63) is 59.2 Å². The standard InChI is InChI=1S/C24H25FN2O2S/c1-14(2)9-15(3)30-24-22-19(17-5-4-7-26-13-17)11-18(25)12-20(22)27-8-6-16(23(24)27)10-21(28)29/h4-5,7,9,11-14,16H,6,8,10H2,1-3H3,(H,28,29)/b15-9+. The second kappa shape index (κ2) is 8.26. The Morgan fingerprint density at radius 3 is 2.90 bits per heavy atom. The SMILES string of the molecule is C/C(=C\C(C)C)Sc1c2n(c3cc(F)cc(-c4cccnc4)c13)CCC2CC(=O)O. The molecule has 3 aromatic rings. The highest BCUT2D eigenvalue weighted by molar-refractivity contribution is 8.03. The summed E-state index contributed by atoms with van der Waals surface area (Å²) in [4.78, 5) is 17.9. The molecule has 156 valence electrons. The van der Waals surface area contributed by atoms with E-state index >= 15 is 0 Å². The van der Waals surface area contributed by atoms with Crippen LogP contribution in [-0.2, 0) is 11.3 Å². The third kappa shape index (κ3) is 3.88. The van der Waals surface area contributed by atoms with Crippen LogP contribution in [-0.4, -0.2) is 20.6 Å². The summed E-state index contributed by atoms with van der Waals surface area (Å²) in [5, 5.41) is 10.4. The molecule has 1 aliphatic rings. The third-order valence-electron chi connectivity index (χ3n) is 5.44. The first-order valence-electron chi connectivity index (χ1n) is 10.2. The van der Waals surface area contributed by atoms with Gasteiger partial charge in [0.25, 0.3) is 0 Å². The fourth-order valence-electron chi connectivity index (χ4n) is 4.42. The zero-order valence-corrected chi connectivity index (χ0v) is 18.2. The Hall–Kier alpha value is -2.60. The summed E-state index contributed by atoms with van der Waals surface area (Å²) in [6.07, 6.45) is 6.50. The number of aryl methyl sites for hydroxylation is 1. The number of benzene rings is 1. The van der Waals surface area contributed by atoms with Gasteiger partial charge in [-0.2, -0.15) is 0 Å². The first-order chi connectivity index (χ1) is 14.3. The summed E-state index contributed by atoms with van der Waals surface area (Å²) < 4.78 is 16.8. The van der Waals surface area contributed by atoms with Crippen molar-refractivity contribution >= 4 is 28.6 Å². The maximum atomic E-state index is 14.7. The van der Waals surface area contributed by atoms with Gasteiger partial charge in [0.05, 0.1) is 11.9 Å². The van der Waals surface area contributed by atoms with E-state index in [0.717, 1.165) is 43.9 Å². The molecule has 0 saturated heterocycles. The van der Waals surface area contributed by atoms with Crippen LogP contribution in [0.25, 0.3) is 22.0 Å². The fourth-order valence-corrected chi connectivity index (χ4v) is 5.78. The Balaban J connectivity index is 2.00. The lowest BCUT2D eigenvalue weighted by atomic mass is 9.98. The van der Waals surface area contributed by atoms with Crippen molar-refractivity contribution in [2.45, 2.75) is 51.0 Å². The zero-order chi connectivity index (χ0) is 21.4. The van der Waals surface area contributed by atoms with E-state index < -0.39 is 5.97 Å². The quantitative estimate of drug-likeness (QED) is 0.462. The van der Waals surface area contributed by atoms with Crippen LogP contribution in [0.1, 0.15) is 45.2 Å². The van der Waals surface area contributed by atoms with Crippen LogP contribution in [0, 0.1) is 11.7 Å². The van der Waals surface area contributed by atoms with Crippen LogP contribution in [0.5, 0.6) is 0 Å². The molecular weight excluding hydrogens is 399 g/mol. The lowest BCUT2D eigenvalue weighted by Crippen LogP contribution is -2.04. The monoisotopic (exact) mass is 424 g/mol. The highest BCUT2D eigenvalue weighted by atomic mass is 32.2. The van der Waals surface area contributed by atoms with Crippen molar-refractivity contribution in [3.8, 4) is 11.1 Å². The average Bonchev–Trinajstić information content (AvgIpc) is 3.21. The molecule has 0 saturated carbocycles. The van der Waals surface area contributed by atoms with Gasteiger partial charge in [-0.05, 0) is 47.9 Å². The van der Waals surface area contributed by atoms with Crippen molar-refractivity contribution in [1.29, 1.82) is 0 Å². The number of pyridine rings is 1. The number of fused-ring (bicyclic) bond motifs is 3. The molecule has 0 spiro atoms. The molecule has 1 aliphatic heterocycles. The van der Waals surface area contributed by atoms with E-state index in [1.165, 1.54) is 0 Å². The minimum atomic E-state index is -0.803. The Morgan fingerprint density at radius 2 is 2.23 bits per heavy atom. The first kappa shape index (κ1) is 20.7. The van der Waals surface area contributed by atoms with Crippen molar-refractivity contribution in [3.63, 3.8) is 0 Å². The smallest absolute Gasteiger partial charge is 0.304 e. The molecule has 4 rings (SSSR count). The first-order valence-corrected chi connectivity index (χ1v) is 11.0. The average molecular weight is 425 g/mol. The van der Waals surface area contributed by atoms with E-state index in [1.807, 2.05) is 12.1 Å². The molecule has 30 heavy (non-hydrogen) atoms. The molecule has 3 heterocycles. The lowest BCUT2D eigenvalue weighted by Gasteiger charge is -2.12. The predicted molar refractivity (Wildman–Crippen MR) is 119 cm³/mol. The van der Waals surface area contributed by atoms with E-state index in [9.17, 15) is 14.3 Å². The van der Waals surface area contributed by atoms with Crippen LogP contribution in [0.4, 0.5) is 4.39 Å². The largest absolute Gasteiger partial charge is 0.481 e. The van der Waals surface area contributed by atoms with Crippen LogP contribution >= 0.6 is 11.8 Å². The summed E-state index contributed by atoms with van der Waals surface area (Å²) in [6.45, 7) is 7.05. The van der Waals surface area contributed by atoms with Gasteiger partial charge in [0.15, 0.2) is 0 Å². The van der Waals surface area contributed by atoms with Crippen molar-refractivity contribution in [2.75, 3.05) is 0 Å². The van der Waals surface area contributed by atoms with E-state index in [1.54, 1.807) is 36.3 Å². The number of thioether (sulfide) groups is 1. The molecule has 0 fully saturated rings. The maximum absolute atomic E-state index is 14.7. The van der Waals surface area contributed by atoms with Gasteiger partial charge in [0.1, 0.15) is 5.82 Å². The Kier molecular flexibility index (Phi) is 5.69. The second-order valence-corrected chi connectivity index (χ2v) is 9.42. The van der Waals surface area contributed by atoms with Crippen molar-refractivity contribution in [1.82, 2.24) is 9.55 Å². The van der Waals surface area contributed by atoms with Gasteiger partial charge in [-0.15, -0.1) is 0 Å². The number of allylic oxidation sites excluding steroid dienone is 2. The topological polar surface area (TPSA) is 55.1 Å². The molecule has 4 nitrogen and oxygen atoms in total. The Labute approximate surface area is 179 Å². The van der Waals surface area contributed by atoms with Gasteiger partial charge < -0.3 is 9.67 Å². The molecule has 2 aromatic heterocycles. The van der Waals surface area contributed by atoms with Crippen LogP contribution in [0.15, 0.2) is 52.5 Å².